The summed E-state index contributed by atoms with van der Waals surface area (Å²) in [5.74, 6) is -0.729. The van der Waals surface area contributed by atoms with Crippen molar-refractivity contribution in [3.63, 3.8) is 0 Å². The van der Waals surface area contributed by atoms with Crippen LogP contribution in [-0.2, 0) is 11.2 Å². The highest BCUT2D eigenvalue weighted by molar-refractivity contribution is 6.30. The van der Waals surface area contributed by atoms with E-state index in [2.05, 4.69) is 31.1 Å². The summed E-state index contributed by atoms with van der Waals surface area (Å²) < 4.78 is 19.5. The molecular formula is C27H25ClFN7O3. The number of carbonyl (C=O) groups excluding carboxylic acids is 1. The van der Waals surface area contributed by atoms with E-state index in [4.69, 9.17) is 16.3 Å². The standard InChI is InChI=1S/C27H25ClFN7O3/c28-19-11-18(13-22(37)14-19)10-17-2-1-3-20(12-17)32-21-4-5-24(30-15-21)26(38)34-35-27-31-16-23(29)25(33-27)36-6-8-39-9-7-36/h1-5,11-16,32,37H,6-10H2,(H,34,38)(H,31,33,35). The average molecular weight is 550 g/mol. The van der Waals surface area contributed by atoms with Crippen LogP contribution in [-0.4, -0.2) is 52.3 Å². The molecule has 200 valence electrons. The summed E-state index contributed by atoms with van der Waals surface area (Å²) >= 11 is 6.05. The van der Waals surface area contributed by atoms with Gasteiger partial charge in [0, 0.05) is 23.8 Å². The first-order chi connectivity index (χ1) is 18.9. The molecule has 2 aromatic heterocycles. The van der Waals surface area contributed by atoms with Gasteiger partial charge in [-0.15, -0.1) is 0 Å². The van der Waals surface area contributed by atoms with Gasteiger partial charge in [-0.3, -0.25) is 15.6 Å². The zero-order chi connectivity index (χ0) is 27.2. The molecule has 12 heteroatoms. The number of hydrogen-bond donors (Lipinski definition) is 4. The van der Waals surface area contributed by atoms with Gasteiger partial charge >= 0.3 is 0 Å². The molecule has 1 aliphatic rings. The van der Waals surface area contributed by atoms with Crippen molar-refractivity contribution >= 4 is 40.6 Å². The second kappa shape index (κ2) is 11.9. The first-order valence-electron chi connectivity index (χ1n) is 12.1. The number of phenolic OH excluding ortho intramolecular Hbond substituents is 1. The molecule has 2 aromatic carbocycles. The average Bonchev–Trinajstić information content (AvgIpc) is 2.93. The highest BCUT2D eigenvalue weighted by atomic mass is 35.5. The number of carbonyl (C=O) groups is 1. The number of benzene rings is 2. The number of hydrazine groups is 1. The van der Waals surface area contributed by atoms with E-state index in [1.54, 1.807) is 29.3 Å². The highest BCUT2D eigenvalue weighted by Gasteiger charge is 2.18. The van der Waals surface area contributed by atoms with E-state index >= 15 is 0 Å². The van der Waals surface area contributed by atoms with E-state index in [0.717, 1.165) is 23.0 Å². The van der Waals surface area contributed by atoms with Crippen LogP contribution < -0.4 is 21.1 Å². The molecule has 1 saturated heterocycles. The van der Waals surface area contributed by atoms with Crippen LogP contribution in [0.15, 0.2) is 67.0 Å². The number of amides is 1. The van der Waals surface area contributed by atoms with Crippen molar-refractivity contribution in [3.05, 3.63) is 94.7 Å². The number of rotatable bonds is 8. The summed E-state index contributed by atoms with van der Waals surface area (Å²) in [6, 6.07) is 16.1. The fraction of sp³-hybridized carbons (Fsp3) is 0.185. The summed E-state index contributed by atoms with van der Waals surface area (Å²) in [6.45, 7) is 2.00. The van der Waals surface area contributed by atoms with Crippen molar-refractivity contribution in [1.29, 1.82) is 0 Å². The van der Waals surface area contributed by atoms with Crippen molar-refractivity contribution in [2.75, 3.05) is 41.9 Å². The molecule has 4 aromatic rings. The van der Waals surface area contributed by atoms with Crippen LogP contribution >= 0.6 is 11.6 Å². The molecule has 4 N–H and O–H groups in total. The summed E-state index contributed by atoms with van der Waals surface area (Å²) in [5.41, 5.74) is 8.70. The first-order valence-corrected chi connectivity index (χ1v) is 12.5. The number of anilines is 4. The fourth-order valence-electron chi connectivity index (χ4n) is 4.09. The lowest BCUT2D eigenvalue weighted by molar-refractivity contribution is 0.0957. The Morgan fingerprint density at radius 2 is 1.87 bits per heavy atom. The molecule has 5 rings (SSSR count). The molecule has 0 saturated carbocycles. The predicted molar refractivity (Wildman–Crippen MR) is 146 cm³/mol. The Balaban J connectivity index is 1.18. The Morgan fingerprint density at radius 1 is 1.03 bits per heavy atom. The molecule has 10 nitrogen and oxygen atoms in total. The zero-order valence-corrected chi connectivity index (χ0v) is 21.5. The van der Waals surface area contributed by atoms with Crippen LogP contribution in [0, 0.1) is 5.82 Å². The van der Waals surface area contributed by atoms with Gasteiger partial charge in [0.1, 0.15) is 11.4 Å². The van der Waals surface area contributed by atoms with Gasteiger partial charge in [-0.1, -0.05) is 23.7 Å². The molecule has 1 aliphatic heterocycles. The molecule has 0 aliphatic carbocycles. The van der Waals surface area contributed by atoms with Gasteiger partial charge < -0.3 is 20.1 Å². The van der Waals surface area contributed by atoms with Gasteiger partial charge in [0.2, 0.25) is 5.95 Å². The maximum atomic E-state index is 14.2. The molecule has 0 atom stereocenters. The van der Waals surface area contributed by atoms with Crippen LogP contribution in [0.4, 0.5) is 27.5 Å². The van der Waals surface area contributed by atoms with E-state index in [-0.39, 0.29) is 23.2 Å². The van der Waals surface area contributed by atoms with Gasteiger partial charge in [0.25, 0.3) is 5.91 Å². The first kappa shape index (κ1) is 26.1. The lowest BCUT2D eigenvalue weighted by Gasteiger charge is -2.28. The highest BCUT2D eigenvalue weighted by Crippen LogP contribution is 2.24. The van der Waals surface area contributed by atoms with Crippen molar-refractivity contribution in [1.82, 2.24) is 20.4 Å². The molecule has 0 radical (unpaired) electrons. The Hall–Kier alpha value is -4.48. The maximum Gasteiger partial charge on any atom is 0.288 e. The Labute approximate surface area is 228 Å². The van der Waals surface area contributed by atoms with E-state index in [0.29, 0.717) is 43.4 Å². The minimum absolute atomic E-state index is 0.0531. The minimum atomic E-state index is -0.548. The third-order valence-electron chi connectivity index (χ3n) is 5.89. The number of halogens is 2. The lowest BCUT2D eigenvalue weighted by Crippen LogP contribution is -2.38. The van der Waals surface area contributed by atoms with Gasteiger partial charge in [-0.2, -0.15) is 4.98 Å². The van der Waals surface area contributed by atoms with E-state index in [9.17, 15) is 14.3 Å². The SMILES string of the molecule is O=C(NNc1ncc(F)c(N2CCOCC2)n1)c1ccc(Nc2cccc(Cc3cc(O)cc(Cl)c3)c2)cn1. The number of pyridine rings is 1. The third kappa shape index (κ3) is 6.89. The van der Waals surface area contributed by atoms with Crippen LogP contribution in [0.3, 0.4) is 0 Å². The van der Waals surface area contributed by atoms with E-state index in [1.807, 2.05) is 30.3 Å². The van der Waals surface area contributed by atoms with E-state index < -0.39 is 11.7 Å². The molecule has 39 heavy (non-hydrogen) atoms. The van der Waals surface area contributed by atoms with Gasteiger partial charge in [-0.05, 0) is 60.0 Å². The van der Waals surface area contributed by atoms with Crippen LogP contribution in [0.1, 0.15) is 21.6 Å². The van der Waals surface area contributed by atoms with Gasteiger partial charge in [0.05, 0.1) is 31.3 Å². The van der Waals surface area contributed by atoms with Crippen LogP contribution in [0.5, 0.6) is 5.75 Å². The van der Waals surface area contributed by atoms with Crippen molar-refractivity contribution in [3.8, 4) is 5.75 Å². The van der Waals surface area contributed by atoms with Crippen LogP contribution in [0.2, 0.25) is 5.02 Å². The number of phenols is 1. The van der Waals surface area contributed by atoms with Crippen molar-refractivity contribution in [2.45, 2.75) is 6.42 Å². The molecule has 3 heterocycles. The third-order valence-corrected chi connectivity index (χ3v) is 6.10. The van der Waals surface area contributed by atoms with Crippen molar-refractivity contribution < 1.29 is 19.0 Å². The molecule has 1 amide bonds. The largest absolute Gasteiger partial charge is 0.508 e. The predicted octanol–water partition coefficient (Wildman–Crippen LogP) is 4.30. The molecule has 0 bridgehead atoms. The number of nitrogens with zero attached hydrogens (tertiary/aromatic N) is 4. The normalized spacial score (nSPS) is 13.1. The quantitative estimate of drug-likeness (QED) is 0.238. The molecule has 0 unspecified atom stereocenters. The Morgan fingerprint density at radius 3 is 2.64 bits per heavy atom. The lowest BCUT2D eigenvalue weighted by atomic mass is 10.0. The minimum Gasteiger partial charge on any atom is -0.508 e. The van der Waals surface area contributed by atoms with Crippen LogP contribution in [0.25, 0.3) is 0 Å². The zero-order valence-electron chi connectivity index (χ0n) is 20.7. The second-order valence-electron chi connectivity index (χ2n) is 8.80. The summed E-state index contributed by atoms with van der Waals surface area (Å²) in [4.78, 5) is 26.6. The van der Waals surface area contributed by atoms with Gasteiger partial charge in [0.15, 0.2) is 11.6 Å². The fourth-order valence-corrected chi connectivity index (χ4v) is 4.34. The summed E-state index contributed by atoms with van der Waals surface area (Å²) in [5, 5.41) is 13.5. The maximum absolute atomic E-state index is 14.2. The monoisotopic (exact) mass is 549 g/mol. The number of morpholine rings is 1. The van der Waals surface area contributed by atoms with Crippen molar-refractivity contribution in [2.24, 2.45) is 0 Å². The number of nitrogens with one attached hydrogen (secondary N) is 3. The smallest absolute Gasteiger partial charge is 0.288 e. The van der Waals surface area contributed by atoms with Gasteiger partial charge in [-0.25, -0.2) is 14.4 Å². The summed E-state index contributed by atoms with van der Waals surface area (Å²) in [6.07, 6.45) is 3.19. The topological polar surface area (TPSA) is 125 Å². The number of aromatic hydroxyl groups is 1. The van der Waals surface area contributed by atoms with E-state index in [1.165, 1.54) is 6.07 Å². The molecule has 1 fully saturated rings. The second-order valence-corrected chi connectivity index (χ2v) is 9.23. The number of aromatic nitrogens is 3. The molecular weight excluding hydrogens is 525 g/mol. The number of ether oxygens (including phenoxy) is 1. The Bertz CT molecular complexity index is 1450. The summed E-state index contributed by atoms with van der Waals surface area (Å²) in [7, 11) is 0. The molecule has 0 spiro atoms. The Kier molecular flexibility index (Phi) is 7.99. The number of hydrogen-bond acceptors (Lipinski definition) is 9.